The summed E-state index contributed by atoms with van der Waals surface area (Å²) in [6.07, 6.45) is 1.79. The topological polar surface area (TPSA) is 84.8 Å². The van der Waals surface area contributed by atoms with Crippen LogP contribution in [0, 0.1) is 0 Å². The van der Waals surface area contributed by atoms with Crippen LogP contribution in [-0.2, 0) is 9.53 Å². The Morgan fingerprint density at radius 3 is 2.08 bits per heavy atom. The van der Waals surface area contributed by atoms with E-state index in [9.17, 15) is 4.79 Å². The molecule has 0 amide bonds. The molecule has 0 aromatic heterocycles. The van der Waals surface area contributed by atoms with Crippen LogP contribution in [0.4, 0.5) is 0 Å². The van der Waals surface area contributed by atoms with Crippen molar-refractivity contribution in [1.82, 2.24) is 0 Å². The second-order valence-electron chi connectivity index (χ2n) is 7.82. The minimum atomic E-state index is -0.573. The zero-order chi connectivity index (χ0) is 25.2. The number of benzene rings is 3. The predicted molar refractivity (Wildman–Crippen MR) is 134 cm³/mol. The largest absolute Gasteiger partial charge is 0.497 e. The van der Waals surface area contributed by atoms with Crippen LogP contribution in [0.15, 0.2) is 77.4 Å². The Kier molecular flexibility index (Phi) is 6.08. The van der Waals surface area contributed by atoms with Gasteiger partial charge in [-0.2, -0.15) is 0 Å². The van der Waals surface area contributed by atoms with E-state index in [1.54, 1.807) is 25.3 Å². The van der Waals surface area contributed by atoms with E-state index in [4.69, 9.17) is 28.4 Å². The first kappa shape index (κ1) is 23.0. The molecule has 5 rings (SSSR count). The first-order valence-corrected chi connectivity index (χ1v) is 11.0. The van der Waals surface area contributed by atoms with Crippen LogP contribution < -0.4 is 23.7 Å². The normalized spacial score (nSPS) is 16.3. The number of ether oxygens (including phenoxy) is 6. The summed E-state index contributed by atoms with van der Waals surface area (Å²) in [4.78, 5) is 17.6. The van der Waals surface area contributed by atoms with Crippen molar-refractivity contribution in [3.63, 3.8) is 0 Å². The van der Waals surface area contributed by atoms with Gasteiger partial charge in [0.2, 0.25) is 11.6 Å². The number of carbonyl (C=O) groups is 1. The molecule has 2 aliphatic rings. The van der Waals surface area contributed by atoms with Gasteiger partial charge in [0.15, 0.2) is 17.2 Å². The van der Waals surface area contributed by atoms with Crippen LogP contribution in [0.1, 0.15) is 16.7 Å². The highest BCUT2D eigenvalue weighted by atomic mass is 16.6. The molecule has 0 saturated carbocycles. The maximum Gasteiger partial charge on any atom is 0.364 e. The van der Waals surface area contributed by atoms with Crippen LogP contribution in [0.2, 0.25) is 0 Å². The molecular formula is C28H23NO7. The van der Waals surface area contributed by atoms with E-state index in [-0.39, 0.29) is 11.6 Å². The zero-order valence-corrected chi connectivity index (χ0v) is 20.2. The molecule has 0 atom stereocenters. The van der Waals surface area contributed by atoms with Gasteiger partial charge in [0.25, 0.3) is 0 Å². The molecule has 0 spiro atoms. The number of methoxy groups -OCH3 is 4. The van der Waals surface area contributed by atoms with Gasteiger partial charge in [-0.3, -0.25) is 0 Å². The number of cyclic esters (lactones) is 1. The fourth-order valence-electron chi connectivity index (χ4n) is 4.03. The lowest BCUT2D eigenvalue weighted by Crippen LogP contribution is -2.09. The summed E-state index contributed by atoms with van der Waals surface area (Å²) in [6, 6.07) is 18.3. The first-order valence-electron chi connectivity index (χ1n) is 11.0. The molecule has 182 valence electrons. The van der Waals surface area contributed by atoms with Crippen molar-refractivity contribution >= 4 is 23.2 Å². The molecule has 0 N–H and O–H groups in total. The lowest BCUT2D eigenvalue weighted by atomic mass is 9.97. The number of fused-ring (bicyclic) bond motifs is 1. The molecule has 2 heterocycles. The summed E-state index contributed by atoms with van der Waals surface area (Å²) in [5, 5.41) is 0. The quantitative estimate of drug-likeness (QED) is 0.364. The molecule has 2 aliphatic heterocycles. The Balaban J connectivity index is 1.64. The van der Waals surface area contributed by atoms with Gasteiger partial charge in [-0.15, -0.1) is 0 Å². The monoisotopic (exact) mass is 485 g/mol. The van der Waals surface area contributed by atoms with Gasteiger partial charge in [0.05, 0.1) is 28.4 Å². The lowest BCUT2D eigenvalue weighted by molar-refractivity contribution is -0.129. The number of rotatable bonds is 6. The molecule has 0 saturated heterocycles. The summed E-state index contributed by atoms with van der Waals surface area (Å²) < 4.78 is 33.2. The minimum Gasteiger partial charge on any atom is -0.497 e. The highest BCUT2D eigenvalue weighted by molar-refractivity contribution is 6.16. The minimum absolute atomic E-state index is 0.130. The van der Waals surface area contributed by atoms with E-state index in [0.717, 1.165) is 16.9 Å². The number of aliphatic imine (C=N–C) groups is 1. The van der Waals surface area contributed by atoms with E-state index >= 15 is 0 Å². The third-order valence-corrected chi connectivity index (χ3v) is 5.81. The van der Waals surface area contributed by atoms with Crippen molar-refractivity contribution in [3.05, 3.63) is 89.1 Å². The summed E-state index contributed by atoms with van der Waals surface area (Å²) in [5.74, 6) is 2.74. The number of allylic oxidation sites excluding steroid dienone is 2. The molecule has 0 fully saturated rings. The van der Waals surface area contributed by atoms with Gasteiger partial charge in [-0.05, 0) is 48.5 Å². The van der Waals surface area contributed by atoms with Gasteiger partial charge < -0.3 is 28.4 Å². The van der Waals surface area contributed by atoms with Crippen LogP contribution in [-0.4, -0.2) is 40.3 Å². The van der Waals surface area contributed by atoms with E-state index in [2.05, 4.69) is 4.99 Å². The molecule has 8 nitrogen and oxygen atoms in total. The van der Waals surface area contributed by atoms with Crippen molar-refractivity contribution in [1.29, 1.82) is 0 Å². The molecule has 0 radical (unpaired) electrons. The number of para-hydroxylation sites is 1. The Morgan fingerprint density at radius 2 is 1.44 bits per heavy atom. The molecule has 0 unspecified atom stereocenters. The summed E-state index contributed by atoms with van der Waals surface area (Å²) in [5.41, 5.74) is 2.82. The van der Waals surface area contributed by atoms with E-state index in [1.165, 1.54) is 21.3 Å². The van der Waals surface area contributed by atoms with Crippen molar-refractivity contribution in [3.8, 4) is 28.7 Å². The van der Waals surface area contributed by atoms with Crippen molar-refractivity contribution in [2.75, 3.05) is 28.4 Å². The predicted octanol–water partition coefficient (Wildman–Crippen LogP) is 4.87. The van der Waals surface area contributed by atoms with E-state index < -0.39 is 5.97 Å². The molecule has 0 bridgehead atoms. The van der Waals surface area contributed by atoms with Crippen LogP contribution in [0.3, 0.4) is 0 Å². The molecule has 3 aromatic rings. The smallest absolute Gasteiger partial charge is 0.364 e. The van der Waals surface area contributed by atoms with Crippen LogP contribution in [0.5, 0.6) is 28.7 Å². The SMILES string of the molecule is COc1ccc(C2=C/C(=C3/N=C(c4cc(OC)c(OC)c(OC)c4)OC3=O)c3ccccc3O2)cc1. The first-order chi connectivity index (χ1) is 17.6. The third-order valence-electron chi connectivity index (χ3n) is 5.81. The van der Waals surface area contributed by atoms with Crippen LogP contribution >= 0.6 is 0 Å². The summed E-state index contributed by atoms with van der Waals surface area (Å²) in [6.45, 7) is 0. The van der Waals surface area contributed by atoms with Gasteiger partial charge in [-0.1, -0.05) is 18.2 Å². The van der Waals surface area contributed by atoms with Gasteiger partial charge in [0.1, 0.15) is 17.3 Å². The van der Waals surface area contributed by atoms with Crippen molar-refractivity contribution < 1.29 is 33.2 Å². The van der Waals surface area contributed by atoms with E-state index in [1.807, 2.05) is 48.5 Å². The molecular weight excluding hydrogens is 462 g/mol. The number of esters is 1. The Labute approximate surface area is 208 Å². The number of hydrogen-bond donors (Lipinski definition) is 0. The van der Waals surface area contributed by atoms with E-state index in [0.29, 0.717) is 39.9 Å². The highest BCUT2D eigenvalue weighted by Crippen LogP contribution is 2.42. The summed E-state index contributed by atoms with van der Waals surface area (Å²) in [7, 11) is 6.16. The fourth-order valence-corrected chi connectivity index (χ4v) is 4.03. The number of carbonyl (C=O) groups excluding carboxylic acids is 1. The Hall–Kier alpha value is -4.72. The Morgan fingerprint density at radius 1 is 0.750 bits per heavy atom. The maximum absolute atomic E-state index is 13.1. The zero-order valence-electron chi connectivity index (χ0n) is 20.2. The second-order valence-corrected chi connectivity index (χ2v) is 7.82. The average molecular weight is 485 g/mol. The van der Waals surface area contributed by atoms with Gasteiger partial charge >= 0.3 is 5.97 Å². The fraction of sp³-hybridized carbons (Fsp3) is 0.143. The van der Waals surface area contributed by atoms with Gasteiger partial charge in [-0.25, -0.2) is 9.79 Å². The summed E-state index contributed by atoms with van der Waals surface area (Å²) >= 11 is 0. The molecule has 36 heavy (non-hydrogen) atoms. The lowest BCUT2D eigenvalue weighted by Gasteiger charge is -2.20. The average Bonchev–Trinajstić information content (AvgIpc) is 3.32. The van der Waals surface area contributed by atoms with Gasteiger partial charge in [0, 0.05) is 22.3 Å². The number of nitrogens with zero attached hydrogens (tertiary/aromatic N) is 1. The molecule has 3 aromatic carbocycles. The van der Waals surface area contributed by atoms with Crippen molar-refractivity contribution in [2.24, 2.45) is 4.99 Å². The highest BCUT2D eigenvalue weighted by Gasteiger charge is 2.31. The second kappa shape index (κ2) is 9.50. The van der Waals surface area contributed by atoms with Crippen molar-refractivity contribution in [2.45, 2.75) is 0 Å². The maximum atomic E-state index is 13.1. The van der Waals surface area contributed by atoms with Crippen LogP contribution in [0.25, 0.3) is 11.3 Å². The standard InChI is InChI=1S/C28H23NO7/c1-31-18-11-9-16(10-12-18)22-15-20(19-7-5-6-8-21(19)35-22)25-28(30)36-27(29-25)17-13-23(32-2)26(34-4)24(14-17)33-3/h5-15H,1-4H3/b25-20-. The Bertz CT molecular complexity index is 1410. The molecule has 8 heteroatoms. The number of hydrogen-bond acceptors (Lipinski definition) is 8. The third kappa shape index (κ3) is 4.02. The molecule has 0 aliphatic carbocycles.